The Labute approximate surface area is 144 Å². The molecule has 1 N–H and O–H groups in total. The van der Waals surface area contributed by atoms with Gasteiger partial charge in [-0.25, -0.2) is 4.39 Å². The minimum atomic E-state index is -0.509. The number of benzene rings is 2. The quantitative estimate of drug-likeness (QED) is 0.666. The summed E-state index contributed by atoms with van der Waals surface area (Å²) in [6.45, 7) is 2.15. The van der Waals surface area contributed by atoms with Gasteiger partial charge in [0.2, 0.25) is 0 Å². The molecule has 0 spiro atoms. The van der Waals surface area contributed by atoms with Gasteiger partial charge in [-0.1, -0.05) is 0 Å². The highest BCUT2D eigenvalue weighted by molar-refractivity contribution is 5.65. The van der Waals surface area contributed by atoms with Gasteiger partial charge in [-0.2, -0.15) is 5.26 Å². The third-order valence-electron chi connectivity index (χ3n) is 4.28. The third-order valence-corrected chi connectivity index (χ3v) is 4.28. The van der Waals surface area contributed by atoms with E-state index in [1.54, 1.807) is 19.1 Å². The summed E-state index contributed by atoms with van der Waals surface area (Å²) in [6, 6.07) is 8.85. The summed E-state index contributed by atoms with van der Waals surface area (Å²) >= 11 is 0. The van der Waals surface area contributed by atoms with Crippen LogP contribution >= 0.6 is 0 Å². The van der Waals surface area contributed by atoms with Crippen molar-refractivity contribution in [2.75, 3.05) is 11.9 Å². The van der Waals surface area contributed by atoms with Crippen LogP contribution in [-0.4, -0.2) is 11.5 Å². The highest BCUT2D eigenvalue weighted by Gasteiger charge is 2.23. The molecular formula is C18H16FN3O3. The van der Waals surface area contributed by atoms with Gasteiger partial charge in [0.1, 0.15) is 11.6 Å². The van der Waals surface area contributed by atoms with Crippen LogP contribution in [0.2, 0.25) is 0 Å². The zero-order valence-corrected chi connectivity index (χ0v) is 13.6. The smallest absolute Gasteiger partial charge is 0.275 e. The standard InChI is InChI=1S/C18H16FN3O3/c1-11-16(7-12(10-20)8-17(11)22(23)24)21-15-3-2-6-25-18-5-4-13(19)9-14(15)18/h4-5,7-9,15,21H,2-3,6H2,1H3. The Morgan fingerprint density at radius 2 is 2.20 bits per heavy atom. The molecule has 1 unspecified atom stereocenters. The molecule has 0 fully saturated rings. The maximum absolute atomic E-state index is 13.7. The van der Waals surface area contributed by atoms with Crippen molar-refractivity contribution >= 4 is 11.4 Å². The molecule has 1 aliphatic rings. The number of hydrogen-bond donors (Lipinski definition) is 1. The third kappa shape index (κ3) is 3.38. The first-order valence-corrected chi connectivity index (χ1v) is 7.87. The second kappa shape index (κ2) is 6.77. The largest absolute Gasteiger partial charge is 0.493 e. The molecule has 3 rings (SSSR count). The van der Waals surface area contributed by atoms with E-state index in [0.29, 0.717) is 35.6 Å². The van der Waals surface area contributed by atoms with Gasteiger partial charge in [-0.15, -0.1) is 0 Å². The molecule has 7 heteroatoms. The molecule has 128 valence electrons. The lowest BCUT2D eigenvalue weighted by Crippen LogP contribution is -2.12. The number of nitro groups is 1. The molecule has 2 aromatic carbocycles. The molecule has 0 radical (unpaired) electrons. The first kappa shape index (κ1) is 16.7. The van der Waals surface area contributed by atoms with Crippen molar-refractivity contribution in [1.82, 2.24) is 0 Å². The second-order valence-corrected chi connectivity index (χ2v) is 5.91. The average molecular weight is 341 g/mol. The Bertz CT molecular complexity index is 877. The SMILES string of the molecule is Cc1c(NC2CCCOc3ccc(F)cc32)cc(C#N)cc1[N+](=O)[O-]. The Morgan fingerprint density at radius 1 is 1.40 bits per heavy atom. The number of halogens is 1. The number of hydrogen-bond acceptors (Lipinski definition) is 5. The van der Waals surface area contributed by atoms with E-state index >= 15 is 0 Å². The van der Waals surface area contributed by atoms with Gasteiger partial charge in [0, 0.05) is 22.9 Å². The van der Waals surface area contributed by atoms with Crippen LogP contribution in [0.4, 0.5) is 15.8 Å². The average Bonchev–Trinajstić information content (AvgIpc) is 2.78. The van der Waals surface area contributed by atoms with Gasteiger partial charge in [0.05, 0.1) is 29.2 Å². The molecule has 0 aliphatic carbocycles. The van der Waals surface area contributed by atoms with Crippen molar-refractivity contribution in [3.05, 3.63) is 63.0 Å². The van der Waals surface area contributed by atoms with Crippen molar-refractivity contribution in [1.29, 1.82) is 5.26 Å². The molecule has 0 amide bonds. The van der Waals surface area contributed by atoms with E-state index < -0.39 is 4.92 Å². The van der Waals surface area contributed by atoms with Crippen molar-refractivity contribution in [3.63, 3.8) is 0 Å². The minimum Gasteiger partial charge on any atom is -0.493 e. The molecule has 6 nitrogen and oxygen atoms in total. The van der Waals surface area contributed by atoms with Crippen LogP contribution in [0.1, 0.15) is 35.6 Å². The Hall–Kier alpha value is -3.14. The summed E-state index contributed by atoms with van der Waals surface area (Å²) in [5.74, 6) is 0.226. The van der Waals surface area contributed by atoms with Crippen LogP contribution in [-0.2, 0) is 0 Å². The van der Waals surface area contributed by atoms with Crippen molar-refractivity contribution < 1.29 is 14.1 Å². The maximum Gasteiger partial charge on any atom is 0.275 e. The van der Waals surface area contributed by atoms with Gasteiger partial charge >= 0.3 is 0 Å². The van der Waals surface area contributed by atoms with Crippen LogP contribution in [0.5, 0.6) is 5.75 Å². The van der Waals surface area contributed by atoms with Crippen LogP contribution in [0.15, 0.2) is 30.3 Å². The van der Waals surface area contributed by atoms with Gasteiger partial charge in [0.25, 0.3) is 5.69 Å². The van der Waals surface area contributed by atoms with Gasteiger partial charge in [0.15, 0.2) is 0 Å². The van der Waals surface area contributed by atoms with E-state index in [4.69, 9.17) is 10.00 Å². The molecule has 0 aromatic heterocycles. The Balaban J connectivity index is 2.03. The lowest BCUT2D eigenvalue weighted by atomic mass is 10.00. The van der Waals surface area contributed by atoms with Crippen LogP contribution in [0, 0.1) is 34.2 Å². The zero-order valence-electron chi connectivity index (χ0n) is 13.6. The van der Waals surface area contributed by atoms with Crippen molar-refractivity contribution in [2.45, 2.75) is 25.8 Å². The first-order chi connectivity index (χ1) is 12.0. The molecule has 1 aliphatic heterocycles. The Morgan fingerprint density at radius 3 is 2.92 bits per heavy atom. The molecule has 1 atom stereocenters. The molecule has 2 aromatic rings. The van der Waals surface area contributed by atoms with Gasteiger partial charge in [-0.3, -0.25) is 10.1 Å². The lowest BCUT2D eigenvalue weighted by Gasteiger charge is -2.21. The van der Waals surface area contributed by atoms with Crippen LogP contribution in [0.3, 0.4) is 0 Å². The van der Waals surface area contributed by atoms with Gasteiger partial charge < -0.3 is 10.1 Å². The maximum atomic E-state index is 13.7. The van der Waals surface area contributed by atoms with E-state index in [2.05, 4.69) is 5.32 Å². The fourth-order valence-electron chi connectivity index (χ4n) is 2.99. The van der Waals surface area contributed by atoms with Gasteiger partial charge in [-0.05, 0) is 44.0 Å². The zero-order chi connectivity index (χ0) is 18.0. The van der Waals surface area contributed by atoms with Crippen molar-refractivity contribution in [2.24, 2.45) is 0 Å². The van der Waals surface area contributed by atoms with Crippen molar-refractivity contribution in [3.8, 4) is 11.8 Å². The number of fused-ring (bicyclic) bond motifs is 1. The number of nitrogens with zero attached hydrogens (tertiary/aromatic N) is 2. The summed E-state index contributed by atoms with van der Waals surface area (Å²) < 4.78 is 19.3. The highest BCUT2D eigenvalue weighted by atomic mass is 19.1. The number of nitro benzene ring substituents is 1. The van der Waals surface area contributed by atoms with E-state index in [1.165, 1.54) is 18.2 Å². The van der Waals surface area contributed by atoms with Crippen LogP contribution < -0.4 is 10.1 Å². The Kier molecular flexibility index (Phi) is 4.52. The first-order valence-electron chi connectivity index (χ1n) is 7.87. The predicted molar refractivity (Wildman–Crippen MR) is 90.0 cm³/mol. The number of rotatable bonds is 3. The fraction of sp³-hybridized carbons (Fsp3) is 0.278. The molecular weight excluding hydrogens is 325 g/mol. The molecule has 25 heavy (non-hydrogen) atoms. The predicted octanol–water partition coefficient (Wildman–Crippen LogP) is 4.24. The number of nitrogens with one attached hydrogen (secondary N) is 1. The summed E-state index contributed by atoms with van der Waals surface area (Å²) in [4.78, 5) is 10.7. The number of ether oxygens (including phenoxy) is 1. The topological polar surface area (TPSA) is 88.2 Å². The van der Waals surface area contributed by atoms with E-state index in [1.807, 2.05) is 6.07 Å². The summed E-state index contributed by atoms with van der Waals surface area (Å²) in [7, 11) is 0. The number of anilines is 1. The fourth-order valence-corrected chi connectivity index (χ4v) is 2.99. The monoisotopic (exact) mass is 341 g/mol. The molecule has 1 heterocycles. The summed E-state index contributed by atoms with van der Waals surface area (Å²) in [6.07, 6.45) is 1.44. The minimum absolute atomic E-state index is 0.120. The van der Waals surface area contributed by atoms with Crippen LogP contribution in [0.25, 0.3) is 0 Å². The normalized spacial score (nSPS) is 16.1. The molecule has 0 saturated heterocycles. The molecule has 0 bridgehead atoms. The lowest BCUT2D eigenvalue weighted by molar-refractivity contribution is -0.385. The van der Waals surface area contributed by atoms with E-state index in [9.17, 15) is 14.5 Å². The summed E-state index contributed by atoms with van der Waals surface area (Å²) in [5.41, 5.74) is 1.68. The number of nitriles is 1. The highest BCUT2D eigenvalue weighted by Crippen LogP contribution is 2.37. The van der Waals surface area contributed by atoms with E-state index in [0.717, 1.165) is 6.42 Å². The second-order valence-electron chi connectivity index (χ2n) is 5.91. The summed E-state index contributed by atoms with van der Waals surface area (Å²) in [5, 5.41) is 23.6. The van der Waals surface area contributed by atoms with E-state index in [-0.39, 0.29) is 23.1 Å². The molecule has 0 saturated carbocycles.